The van der Waals surface area contributed by atoms with Gasteiger partial charge in [-0.25, -0.2) is 0 Å². The van der Waals surface area contributed by atoms with Crippen molar-refractivity contribution in [3.05, 3.63) is 63.6 Å². The van der Waals surface area contributed by atoms with Gasteiger partial charge in [-0.3, -0.25) is 4.79 Å². The van der Waals surface area contributed by atoms with Crippen molar-refractivity contribution in [3.63, 3.8) is 0 Å². The first-order valence-corrected chi connectivity index (χ1v) is 7.24. The summed E-state index contributed by atoms with van der Waals surface area (Å²) in [5.74, 6) is -0.284. The number of hydrogen-bond acceptors (Lipinski definition) is 3. The Bertz CT molecular complexity index is 644. The van der Waals surface area contributed by atoms with Crippen LogP contribution >= 0.6 is 23.2 Å². The summed E-state index contributed by atoms with van der Waals surface area (Å²) in [6, 6.07) is 12.5. The SMILES string of the molecule is Nc1cccc(CCC(=O)OCc2cc(Cl)ccc2Cl)c1. The topological polar surface area (TPSA) is 52.3 Å². The fraction of sp³-hybridized carbons (Fsp3) is 0.188. The Hall–Kier alpha value is -1.71. The number of hydrogen-bond donors (Lipinski definition) is 1. The third-order valence-corrected chi connectivity index (χ3v) is 3.57. The standard InChI is InChI=1S/C16H15Cl2NO2/c17-13-5-6-15(18)12(9-13)10-21-16(20)7-4-11-2-1-3-14(19)8-11/h1-3,5-6,8-9H,4,7,10,19H2. The molecule has 0 saturated carbocycles. The van der Waals surface area contributed by atoms with E-state index >= 15 is 0 Å². The molecule has 0 bridgehead atoms. The Morgan fingerprint density at radius 2 is 1.95 bits per heavy atom. The van der Waals surface area contributed by atoms with Crippen molar-refractivity contribution in [2.45, 2.75) is 19.4 Å². The van der Waals surface area contributed by atoms with Crippen molar-refractivity contribution in [3.8, 4) is 0 Å². The normalized spacial score (nSPS) is 10.4. The number of carbonyl (C=O) groups excluding carboxylic acids is 1. The van der Waals surface area contributed by atoms with Crippen LogP contribution in [0.15, 0.2) is 42.5 Å². The van der Waals surface area contributed by atoms with Gasteiger partial charge in [0, 0.05) is 27.7 Å². The molecule has 5 heteroatoms. The minimum Gasteiger partial charge on any atom is -0.461 e. The highest BCUT2D eigenvalue weighted by molar-refractivity contribution is 6.33. The Labute approximate surface area is 133 Å². The molecule has 2 aromatic carbocycles. The molecular weight excluding hydrogens is 309 g/mol. The average Bonchev–Trinajstić information content (AvgIpc) is 2.46. The molecule has 0 unspecified atom stereocenters. The van der Waals surface area contributed by atoms with Gasteiger partial charge in [0.05, 0.1) is 0 Å². The van der Waals surface area contributed by atoms with E-state index in [1.165, 1.54) is 0 Å². The molecule has 0 fully saturated rings. The molecular formula is C16H15Cl2NO2. The second-order valence-corrected chi connectivity index (χ2v) is 5.49. The summed E-state index contributed by atoms with van der Waals surface area (Å²) in [7, 11) is 0. The van der Waals surface area contributed by atoms with Crippen LogP contribution in [0.3, 0.4) is 0 Å². The van der Waals surface area contributed by atoms with Crippen LogP contribution in [0.1, 0.15) is 17.5 Å². The molecule has 0 radical (unpaired) electrons. The maximum atomic E-state index is 11.7. The maximum absolute atomic E-state index is 11.7. The summed E-state index contributed by atoms with van der Waals surface area (Å²) >= 11 is 11.9. The van der Waals surface area contributed by atoms with Gasteiger partial charge in [-0.1, -0.05) is 35.3 Å². The lowest BCUT2D eigenvalue weighted by atomic mass is 10.1. The van der Waals surface area contributed by atoms with Crippen LogP contribution < -0.4 is 5.73 Å². The maximum Gasteiger partial charge on any atom is 0.306 e. The second kappa shape index (κ2) is 7.34. The Morgan fingerprint density at radius 3 is 2.71 bits per heavy atom. The molecule has 0 saturated heterocycles. The molecule has 0 aliphatic heterocycles. The zero-order chi connectivity index (χ0) is 15.2. The lowest BCUT2D eigenvalue weighted by Crippen LogP contribution is -2.06. The molecule has 0 atom stereocenters. The highest BCUT2D eigenvalue weighted by Crippen LogP contribution is 2.21. The van der Waals surface area contributed by atoms with E-state index in [2.05, 4.69) is 0 Å². The summed E-state index contributed by atoms with van der Waals surface area (Å²) in [5, 5.41) is 1.09. The van der Waals surface area contributed by atoms with E-state index in [4.69, 9.17) is 33.7 Å². The molecule has 0 aromatic heterocycles. The predicted octanol–water partition coefficient (Wildman–Crippen LogP) is 4.25. The first kappa shape index (κ1) is 15.7. The van der Waals surface area contributed by atoms with Crippen LogP contribution in [0.25, 0.3) is 0 Å². The van der Waals surface area contributed by atoms with Gasteiger partial charge in [-0.2, -0.15) is 0 Å². The minimum atomic E-state index is -0.284. The van der Waals surface area contributed by atoms with Gasteiger partial charge >= 0.3 is 5.97 Å². The van der Waals surface area contributed by atoms with Crippen LogP contribution in [0, 0.1) is 0 Å². The quantitative estimate of drug-likeness (QED) is 0.661. The van der Waals surface area contributed by atoms with Crippen LogP contribution in [0.4, 0.5) is 5.69 Å². The van der Waals surface area contributed by atoms with E-state index in [9.17, 15) is 4.79 Å². The highest BCUT2D eigenvalue weighted by atomic mass is 35.5. The van der Waals surface area contributed by atoms with Crippen LogP contribution in [0.5, 0.6) is 0 Å². The lowest BCUT2D eigenvalue weighted by Gasteiger charge is -2.07. The number of anilines is 1. The molecule has 21 heavy (non-hydrogen) atoms. The van der Waals surface area contributed by atoms with Crippen molar-refractivity contribution < 1.29 is 9.53 Å². The minimum absolute atomic E-state index is 0.120. The highest BCUT2D eigenvalue weighted by Gasteiger charge is 2.07. The Kier molecular flexibility index (Phi) is 5.48. The number of ether oxygens (including phenoxy) is 1. The molecule has 0 aliphatic rings. The van der Waals surface area contributed by atoms with E-state index in [1.807, 2.05) is 24.3 Å². The van der Waals surface area contributed by atoms with E-state index in [0.717, 1.165) is 5.56 Å². The van der Waals surface area contributed by atoms with Gasteiger partial charge in [-0.05, 0) is 42.3 Å². The van der Waals surface area contributed by atoms with Gasteiger partial charge < -0.3 is 10.5 Å². The predicted molar refractivity (Wildman–Crippen MR) is 85.4 cm³/mol. The van der Waals surface area contributed by atoms with Gasteiger partial charge in [0.25, 0.3) is 0 Å². The summed E-state index contributed by atoms with van der Waals surface area (Å²) in [5.41, 5.74) is 8.08. The van der Waals surface area contributed by atoms with E-state index in [1.54, 1.807) is 18.2 Å². The molecule has 0 spiro atoms. The fourth-order valence-electron chi connectivity index (χ4n) is 1.88. The average molecular weight is 324 g/mol. The molecule has 2 N–H and O–H groups in total. The van der Waals surface area contributed by atoms with Gasteiger partial charge in [0.2, 0.25) is 0 Å². The molecule has 3 nitrogen and oxygen atoms in total. The zero-order valence-corrected chi connectivity index (χ0v) is 12.8. The van der Waals surface area contributed by atoms with E-state index in [0.29, 0.717) is 34.1 Å². The lowest BCUT2D eigenvalue weighted by molar-refractivity contribution is -0.144. The van der Waals surface area contributed by atoms with Crippen molar-refractivity contribution in [1.29, 1.82) is 0 Å². The van der Waals surface area contributed by atoms with Crippen molar-refractivity contribution in [2.75, 3.05) is 5.73 Å². The number of benzene rings is 2. The van der Waals surface area contributed by atoms with Crippen molar-refractivity contribution >= 4 is 34.9 Å². The van der Waals surface area contributed by atoms with Crippen LogP contribution in [-0.4, -0.2) is 5.97 Å². The van der Waals surface area contributed by atoms with E-state index in [-0.39, 0.29) is 12.6 Å². The Morgan fingerprint density at radius 1 is 1.14 bits per heavy atom. The molecule has 0 heterocycles. The molecule has 0 amide bonds. The van der Waals surface area contributed by atoms with Gasteiger partial charge in [-0.15, -0.1) is 0 Å². The first-order chi connectivity index (χ1) is 10.0. The number of aryl methyl sites for hydroxylation is 1. The molecule has 110 valence electrons. The smallest absolute Gasteiger partial charge is 0.306 e. The third kappa shape index (κ3) is 4.96. The van der Waals surface area contributed by atoms with Crippen LogP contribution in [-0.2, 0) is 22.6 Å². The Balaban J connectivity index is 1.83. The number of halogens is 2. The van der Waals surface area contributed by atoms with Gasteiger partial charge in [0.15, 0.2) is 0 Å². The summed E-state index contributed by atoms with van der Waals surface area (Å²) in [6.45, 7) is 0.120. The molecule has 0 aliphatic carbocycles. The fourth-order valence-corrected chi connectivity index (χ4v) is 2.25. The first-order valence-electron chi connectivity index (χ1n) is 6.48. The summed E-state index contributed by atoms with van der Waals surface area (Å²) in [4.78, 5) is 11.7. The van der Waals surface area contributed by atoms with Gasteiger partial charge in [0.1, 0.15) is 6.61 Å². The summed E-state index contributed by atoms with van der Waals surface area (Å²) in [6.07, 6.45) is 0.884. The third-order valence-electron chi connectivity index (χ3n) is 2.97. The number of nitrogens with two attached hydrogens (primary N) is 1. The number of esters is 1. The van der Waals surface area contributed by atoms with Crippen molar-refractivity contribution in [2.24, 2.45) is 0 Å². The number of nitrogen functional groups attached to an aromatic ring is 1. The van der Waals surface area contributed by atoms with Crippen LogP contribution in [0.2, 0.25) is 10.0 Å². The molecule has 2 rings (SSSR count). The largest absolute Gasteiger partial charge is 0.461 e. The summed E-state index contributed by atoms with van der Waals surface area (Å²) < 4.78 is 5.20. The van der Waals surface area contributed by atoms with E-state index < -0.39 is 0 Å². The molecule has 2 aromatic rings. The number of carbonyl (C=O) groups is 1. The number of rotatable bonds is 5. The zero-order valence-electron chi connectivity index (χ0n) is 11.3. The monoisotopic (exact) mass is 323 g/mol. The second-order valence-electron chi connectivity index (χ2n) is 4.64. The van der Waals surface area contributed by atoms with Crippen molar-refractivity contribution in [1.82, 2.24) is 0 Å².